The van der Waals surface area contributed by atoms with E-state index in [1.807, 2.05) is 20.8 Å². The topological polar surface area (TPSA) is 159 Å². The van der Waals surface area contributed by atoms with Crippen molar-refractivity contribution in [1.29, 1.82) is 5.41 Å². The third-order valence-electron chi connectivity index (χ3n) is 5.22. The van der Waals surface area contributed by atoms with Gasteiger partial charge in [0.2, 0.25) is 0 Å². The lowest BCUT2D eigenvalue weighted by Gasteiger charge is -2.23. The Kier molecular flexibility index (Phi) is 12.8. The van der Waals surface area contributed by atoms with Crippen molar-refractivity contribution in [2.45, 2.75) is 39.1 Å². The molecule has 0 aliphatic carbocycles. The molecule has 0 saturated carbocycles. The SMILES string of the molecule is CCOc1cc(C(Nc2ccc(C(=N)N)cc2)C(=O)NNc2cc(Cl)ccc2Cl)ccc1OC(C)C.O=C(O)C(F)(F)F. The van der Waals surface area contributed by atoms with Crippen molar-refractivity contribution in [1.82, 2.24) is 5.43 Å². The van der Waals surface area contributed by atoms with Crippen molar-refractivity contribution >= 4 is 52.3 Å². The number of halogens is 5. The molecule has 1 unspecified atom stereocenters. The summed E-state index contributed by atoms with van der Waals surface area (Å²) in [4.78, 5) is 22.3. The van der Waals surface area contributed by atoms with Crippen LogP contribution in [-0.4, -0.2) is 41.7 Å². The summed E-state index contributed by atoms with van der Waals surface area (Å²) >= 11 is 12.3. The van der Waals surface area contributed by atoms with Crippen LogP contribution < -0.4 is 31.4 Å². The number of hydrogen-bond acceptors (Lipinski definition) is 7. The van der Waals surface area contributed by atoms with E-state index in [0.29, 0.717) is 50.7 Å². The van der Waals surface area contributed by atoms with Crippen molar-refractivity contribution in [2.24, 2.45) is 5.73 Å². The zero-order valence-electron chi connectivity index (χ0n) is 23.2. The Bertz CT molecular complexity index is 1420. The molecule has 10 nitrogen and oxygen atoms in total. The van der Waals surface area contributed by atoms with Gasteiger partial charge in [-0.3, -0.25) is 21.1 Å². The van der Waals surface area contributed by atoms with E-state index in [-0.39, 0.29) is 17.8 Å². The van der Waals surface area contributed by atoms with Crippen LogP contribution in [0.1, 0.15) is 37.9 Å². The van der Waals surface area contributed by atoms with Gasteiger partial charge in [-0.15, -0.1) is 0 Å². The van der Waals surface area contributed by atoms with Crippen molar-refractivity contribution in [3.8, 4) is 11.5 Å². The summed E-state index contributed by atoms with van der Waals surface area (Å²) in [5.74, 6) is -2.07. The van der Waals surface area contributed by atoms with Crippen molar-refractivity contribution in [2.75, 3.05) is 17.3 Å². The molecule has 232 valence electrons. The van der Waals surface area contributed by atoms with Crippen LogP contribution in [0.5, 0.6) is 11.5 Å². The fourth-order valence-corrected chi connectivity index (χ4v) is 3.67. The lowest BCUT2D eigenvalue weighted by atomic mass is 10.0. The van der Waals surface area contributed by atoms with E-state index >= 15 is 0 Å². The fraction of sp³-hybridized carbons (Fsp3) is 0.250. The molecule has 3 rings (SSSR count). The maximum Gasteiger partial charge on any atom is 0.490 e. The molecule has 3 aromatic rings. The molecule has 0 bridgehead atoms. The third-order valence-corrected chi connectivity index (χ3v) is 5.79. The van der Waals surface area contributed by atoms with E-state index in [0.717, 1.165) is 0 Å². The number of nitrogens with two attached hydrogens (primary N) is 1. The Hall–Kier alpha value is -4.36. The Morgan fingerprint density at radius 3 is 2.19 bits per heavy atom. The molecule has 0 saturated heterocycles. The first-order valence-corrected chi connectivity index (χ1v) is 13.3. The Morgan fingerprint density at radius 2 is 1.65 bits per heavy atom. The number of anilines is 2. The summed E-state index contributed by atoms with van der Waals surface area (Å²) in [6, 6.07) is 16.3. The molecule has 0 aliphatic heterocycles. The average Bonchev–Trinajstić information content (AvgIpc) is 2.93. The normalized spacial score (nSPS) is 11.5. The Morgan fingerprint density at radius 1 is 1.02 bits per heavy atom. The zero-order chi connectivity index (χ0) is 32.3. The van der Waals surface area contributed by atoms with Crippen LogP contribution in [-0.2, 0) is 9.59 Å². The number of carbonyl (C=O) groups excluding carboxylic acids is 1. The summed E-state index contributed by atoms with van der Waals surface area (Å²) < 4.78 is 43.4. The highest BCUT2D eigenvalue weighted by Gasteiger charge is 2.38. The van der Waals surface area contributed by atoms with E-state index in [4.69, 9.17) is 53.7 Å². The summed E-state index contributed by atoms with van der Waals surface area (Å²) in [6.07, 6.45) is -5.13. The smallest absolute Gasteiger partial charge is 0.490 e. The molecule has 7 N–H and O–H groups in total. The molecule has 15 heteroatoms. The van der Waals surface area contributed by atoms with Gasteiger partial charge in [0.15, 0.2) is 11.5 Å². The van der Waals surface area contributed by atoms with Crippen LogP contribution in [0.2, 0.25) is 10.0 Å². The summed E-state index contributed by atoms with van der Waals surface area (Å²) in [7, 11) is 0. The number of hydrazine groups is 1. The second-order valence-corrected chi connectivity index (χ2v) is 9.76. The summed E-state index contributed by atoms with van der Waals surface area (Å²) in [5.41, 5.74) is 13.4. The van der Waals surface area contributed by atoms with Gasteiger partial charge >= 0.3 is 12.1 Å². The second-order valence-electron chi connectivity index (χ2n) is 8.92. The van der Waals surface area contributed by atoms with Gasteiger partial charge in [0, 0.05) is 16.3 Å². The molecular formula is C28H30Cl2F3N5O5. The minimum absolute atomic E-state index is 0.0412. The molecule has 0 aliphatic rings. The first-order chi connectivity index (χ1) is 20.1. The van der Waals surface area contributed by atoms with Gasteiger partial charge in [-0.2, -0.15) is 13.2 Å². The number of hydrogen-bond donors (Lipinski definition) is 6. The van der Waals surface area contributed by atoms with Gasteiger partial charge in [0.25, 0.3) is 5.91 Å². The molecule has 43 heavy (non-hydrogen) atoms. The third kappa shape index (κ3) is 11.1. The van der Waals surface area contributed by atoms with Crippen molar-refractivity contribution in [3.05, 3.63) is 81.8 Å². The number of nitrogen functional groups attached to an aromatic ring is 1. The summed E-state index contributed by atoms with van der Waals surface area (Å²) in [6.45, 7) is 6.17. The predicted molar refractivity (Wildman–Crippen MR) is 159 cm³/mol. The maximum absolute atomic E-state index is 13.4. The highest BCUT2D eigenvalue weighted by Crippen LogP contribution is 2.33. The number of carbonyl (C=O) groups is 2. The van der Waals surface area contributed by atoms with Crippen molar-refractivity contribution < 1.29 is 37.3 Å². The van der Waals surface area contributed by atoms with E-state index in [1.165, 1.54) is 0 Å². The highest BCUT2D eigenvalue weighted by atomic mass is 35.5. The van der Waals surface area contributed by atoms with Crippen molar-refractivity contribution in [3.63, 3.8) is 0 Å². The van der Waals surface area contributed by atoms with Gasteiger partial charge in [-0.1, -0.05) is 29.3 Å². The molecule has 0 aromatic heterocycles. The molecule has 1 atom stereocenters. The standard InChI is InChI=1S/C26H29Cl2N5O3.C2HF3O2/c1-4-35-23-13-17(7-12-22(23)36-15(2)3)24(31-19-9-5-16(6-10-19)25(29)30)26(34)33-32-21-14-18(27)8-11-20(21)28;3-2(4,5)1(6)7/h5-15,24,31-32H,4H2,1-3H3,(H3,29,30)(H,33,34);(H,6,7). The monoisotopic (exact) mass is 643 g/mol. The maximum atomic E-state index is 13.4. The molecule has 1 amide bonds. The molecule has 0 radical (unpaired) electrons. The average molecular weight is 644 g/mol. The number of alkyl halides is 3. The summed E-state index contributed by atoms with van der Waals surface area (Å²) in [5, 5.41) is 18.8. The van der Waals surface area contributed by atoms with Gasteiger partial charge in [0.05, 0.1) is 23.4 Å². The number of nitrogens with one attached hydrogen (secondary N) is 4. The number of amidine groups is 1. The zero-order valence-corrected chi connectivity index (χ0v) is 24.7. The van der Waals surface area contributed by atoms with Gasteiger partial charge in [0.1, 0.15) is 11.9 Å². The minimum atomic E-state index is -5.08. The molecule has 0 spiro atoms. The van der Waals surface area contributed by atoms with Crippen LogP contribution >= 0.6 is 23.2 Å². The van der Waals surface area contributed by atoms with Gasteiger partial charge in [-0.05, 0) is 80.9 Å². The lowest BCUT2D eigenvalue weighted by molar-refractivity contribution is -0.192. The molecule has 3 aromatic carbocycles. The number of carboxylic acid groups (broad SMARTS) is 1. The van der Waals surface area contributed by atoms with E-state index in [2.05, 4.69) is 16.2 Å². The quantitative estimate of drug-likeness (QED) is 0.0796. The Balaban J connectivity index is 0.000000821. The first-order valence-electron chi connectivity index (χ1n) is 12.6. The fourth-order valence-electron chi connectivity index (χ4n) is 3.33. The van der Waals surface area contributed by atoms with Crippen LogP contribution in [0.15, 0.2) is 60.7 Å². The lowest BCUT2D eigenvalue weighted by Crippen LogP contribution is -2.37. The highest BCUT2D eigenvalue weighted by molar-refractivity contribution is 6.35. The van der Waals surface area contributed by atoms with E-state index in [9.17, 15) is 18.0 Å². The number of rotatable bonds is 11. The predicted octanol–water partition coefficient (Wildman–Crippen LogP) is 6.39. The van der Waals surface area contributed by atoms with Gasteiger partial charge < -0.3 is 25.6 Å². The van der Waals surface area contributed by atoms with Gasteiger partial charge in [-0.25, -0.2) is 4.79 Å². The van der Waals surface area contributed by atoms with E-state index < -0.39 is 18.2 Å². The molecular weight excluding hydrogens is 614 g/mol. The number of ether oxygens (including phenoxy) is 2. The van der Waals surface area contributed by atoms with Crippen LogP contribution in [0.4, 0.5) is 24.5 Å². The number of benzene rings is 3. The Labute approximate surface area is 255 Å². The van der Waals surface area contributed by atoms with Crippen LogP contribution in [0.25, 0.3) is 0 Å². The molecule has 0 fully saturated rings. The number of aliphatic carboxylic acids is 1. The largest absolute Gasteiger partial charge is 0.490 e. The molecule has 0 heterocycles. The van der Waals surface area contributed by atoms with E-state index in [1.54, 1.807) is 60.7 Å². The van der Waals surface area contributed by atoms with Crippen LogP contribution in [0.3, 0.4) is 0 Å². The number of carboxylic acids is 1. The second kappa shape index (κ2) is 15.8. The number of amides is 1. The van der Waals surface area contributed by atoms with Crippen LogP contribution in [0, 0.1) is 5.41 Å². The first kappa shape index (κ1) is 34.8. The minimum Gasteiger partial charge on any atom is -0.490 e.